The van der Waals surface area contributed by atoms with Crippen LogP contribution >= 0.6 is 0 Å². The van der Waals surface area contributed by atoms with Crippen LogP contribution in [0.1, 0.15) is 21.5 Å². The van der Waals surface area contributed by atoms with Crippen LogP contribution in [0, 0.1) is 11.3 Å². The first-order chi connectivity index (χ1) is 12.9. The van der Waals surface area contributed by atoms with Gasteiger partial charge in [-0.1, -0.05) is 30.3 Å². The Balaban J connectivity index is 1.99. The number of carbonyl (C=O) groups excluding carboxylic acids is 1. The zero-order valence-corrected chi connectivity index (χ0v) is 13.8. The zero-order valence-electron chi connectivity index (χ0n) is 13.8. The van der Waals surface area contributed by atoms with Gasteiger partial charge in [-0.3, -0.25) is 4.79 Å². The highest BCUT2D eigenvalue weighted by molar-refractivity contribution is 5.88. The molecule has 0 aliphatic heterocycles. The molecular formula is C21H12F3NO2. The highest BCUT2D eigenvalue weighted by Gasteiger charge is 2.31. The van der Waals surface area contributed by atoms with Crippen LogP contribution in [0.15, 0.2) is 66.7 Å². The summed E-state index contributed by atoms with van der Waals surface area (Å²) in [4.78, 5) is 11.5. The number of alkyl halides is 3. The third-order valence-corrected chi connectivity index (χ3v) is 3.89. The van der Waals surface area contributed by atoms with Gasteiger partial charge in [0.2, 0.25) is 0 Å². The van der Waals surface area contributed by atoms with E-state index in [1.807, 2.05) is 30.3 Å². The van der Waals surface area contributed by atoms with E-state index in [2.05, 4.69) is 0 Å². The van der Waals surface area contributed by atoms with Crippen LogP contribution in [0.5, 0.6) is 11.5 Å². The van der Waals surface area contributed by atoms with E-state index in [1.54, 1.807) is 12.1 Å². The van der Waals surface area contributed by atoms with E-state index in [1.165, 1.54) is 12.1 Å². The molecule has 134 valence electrons. The van der Waals surface area contributed by atoms with Crippen LogP contribution in [0.4, 0.5) is 13.2 Å². The second kappa shape index (κ2) is 7.34. The summed E-state index contributed by atoms with van der Waals surface area (Å²) in [6.07, 6.45) is -3.91. The Morgan fingerprint density at radius 3 is 2.33 bits per heavy atom. The van der Waals surface area contributed by atoms with Gasteiger partial charge in [-0.2, -0.15) is 18.4 Å². The third-order valence-electron chi connectivity index (χ3n) is 3.89. The first-order valence-electron chi connectivity index (χ1n) is 7.86. The van der Waals surface area contributed by atoms with Crippen LogP contribution < -0.4 is 4.74 Å². The van der Waals surface area contributed by atoms with E-state index in [9.17, 15) is 18.0 Å². The van der Waals surface area contributed by atoms with Gasteiger partial charge >= 0.3 is 6.18 Å². The molecule has 0 fully saturated rings. The van der Waals surface area contributed by atoms with Crippen molar-refractivity contribution in [3.63, 3.8) is 0 Å². The largest absolute Gasteiger partial charge is 0.456 e. The molecule has 27 heavy (non-hydrogen) atoms. The van der Waals surface area contributed by atoms with Crippen LogP contribution in [0.3, 0.4) is 0 Å². The number of rotatable bonds is 4. The molecule has 3 aromatic rings. The zero-order chi connectivity index (χ0) is 19.4. The SMILES string of the molecule is N#Cc1ccc(C(F)(F)F)cc1Oc1ccc(-c2ccccc2)c(C=O)c1. The number of hydrogen-bond acceptors (Lipinski definition) is 3. The molecule has 0 aromatic heterocycles. The molecule has 6 heteroatoms. The molecule has 0 spiro atoms. The minimum atomic E-state index is -4.56. The van der Waals surface area contributed by atoms with Crippen molar-refractivity contribution >= 4 is 6.29 Å². The molecule has 3 aromatic carbocycles. The number of hydrogen-bond donors (Lipinski definition) is 0. The van der Waals surface area contributed by atoms with Crippen molar-refractivity contribution in [2.75, 3.05) is 0 Å². The Morgan fingerprint density at radius 2 is 1.70 bits per heavy atom. The average molecular weight is 367 g/mol. The van der Waals surface area contributed by atoms with E-state index in [0.29, 0.717) is 17.4 Å². The van der Waals surface area contributed by atoms with Gasteiger partial charge < -0.3 is 4.74 Å². The molecule has 3 rings (SSSR count). The minimum absolute atomic E-state index is 0.0391. The molecule has 0 aliphatic rings. The highest BCUT2D eigenvalue weighted by atomic mass is 19.4. The number of carbonyl (C=O) groups is 1. The van der Waals surface area contributed by atoms with Gasteiger partial charge in [0, 0.05) is 5.56 Å². The van der Waals surface area contributed by atoms with Crippen LogP contribution in [0.25, 0.3) is 11.1 Å². The Morgan fingerprint density at radius 1 is 0.963 bits per heavy atom. The molecule has 0 atom stereocenters. The van der Waals surface area contributed by atoms with E-state index in [-0.39, 0.29) is 17.1 Å². The lowest BCUT2D eigenvalue weighted by Gasteiger charge is -2.13. The minimum Gasteiger partial charge on any atom is -0.456 e. The summed E-state index contributed by atoms with van der Waals surface area (Å²) in [5.41, 5.74) is 0.852. The van der Waals surface area contributed by atoms with Crippen LogP contribution in [-0.4, -0.2) is 6.29 Å². The van der Waals surface area contributed by atoms with E-state index < -0.39 is 11.7 Å². The Hall–Kier alpha value is -3.59. The molecule has 0 amide bonds. The van der Waals surface area contributed by atoms with E-state index in [4.69, 9.17) is 10.00 Å². The Labute approximate surface area is 153 Å². The lowest BCUT2D eigenvalue weighted by molar-refractivity contribution is -0.137. The predicted molar refractivity (Wildman–Crippen MR) is 93.5 cm³/mol. The molecule has 0 bridgehead atoms. The van der Waals surface area contributed by atoms with Gasteiger partial charge in [-0.15, -0.1) is 0 Å². The lowest BCUT2D eigenvalue weighted by atomic mass is 10.0. The number of nitriles is 1. The summed E-state index contributed by atoms with van der Waals surface area (Å²) in [5, 5.41) is 9.12. The van der Waals surface area contributed by atoms with Gasteiger partial charge in [0.1, 0.15) is 17.6 Å². The van der Waals surface area contributed by atoms with Crippen molar-refractivity contribution in [1.29, 1.82) is 5.26 Å². The number of aldehydes is 1. The van der Waals surface area contributed by atoms with E-state index >= 15 is 0 Å². The van der Waals surface area contributed by atoms with Gasteiger partial charge in [0.15, 0.2) is 6.29 Å². The van der Waals surface area contributed by atoms with Crippen molar-refractivity contribution in [2.45, 2.75) is 6.18 Å². The fraction of sp³-hybridized carbons (Fsp3) is 0.0476. The maximum atomic E-state index is 12.9. The summed E-state index contributed by atoms with van der Waals surface area (Å²) in [6, 6.07) is 18.2. The molecule has 0 heterocycles. The Bertz CT molecular complexity index is 1020. The summed E-state index contributed by atoms with van der Waals surface area (Å²) < 4.78 is 44.2. The maximum absolute atomic E-state index is 12.9. The predicted octanol–water partition coefficient (Wildman–Crippen LogP) is 5.85. The van der Waals surface area contributed by atoms with Gasteiger partial charge in [0.25, 0.3) is 0 Å². The molecule has 0 unspecified atom stereocenters. The number of ether oxygens (including phenoxy) is 1. The molecule has 0 saturated carbocycles. The Kier molecular flexibility index (Phi) is 4.95. The fourth-order valence-corrected chi connectivity index (χ4v) is 2.58. The summed E-state index contributed by atoms with van der Waals surface area (Å²) >= 11 is 0. The highest BCUT2D eigenvalue weighted by Crippen LogP contribution is 2.35. The number of halogens is 3. The van der Waals surface area contributed by atoms with Crippen LogP contribution in [0.2, 0.25) is 0 Å². The summed E-state index contributed by atoms with van der Waals surface area (Å²) in [7, 11) is 0. The van der Waals surface area contributed by atoms with Gasteiger partial charge in [-0.25, -0.2) is 0 Å². The quantitative estimate of drug-likeness (QED) is 0.544. The van der Waals surface area contributed by atoms with Crippen molar-refractivity contribution < 1.29 is 22.7 Å². The second-order valence-electron chi connectivity index (χ2n) is 5.66. The van der Waals surface area contributed by atoms with Crippen molar-refractivity contribution in [3.05, 3.63) is 83.4 Å². The van der Waals surface area contributed by atoms with Crippen molar-refractivity contribution in [1.82, 2.24) is 0 Å². The molecule has 0 N–H and O–H groups in total. The number of nitrogens with zero attached hydrogens (tertiary/aromatic N) is 1. The standard InChI is InChI=1S/C21H12F3NO2/c22-21(23,24)17-7-6-15(12-25)20(11-17)27-18-8-9-19(16(10-18)13-26)14-4-2-1-3-5-14/h1-11,13H. The maximum Gasteiger partial charge on any atom is 0.416 e. The topological polar surface area (TPSA) is 50.1 Å². The van der Waals surface area contributed by atoms with Gasteiger partial charge in [-0.05, 0) is 47.5 Å². The van der Waals surface area contributed by atoms with E-state index in [0.717, 1.165) is 23.8 Å². The molecular weight excluding hydrogens is 355 g/mol. The summed E-state index contributed by atoms with van der Waals surface area (Å²) in [6.45, 7) is 0. The van der Waals surface area contributed by atoms with Gasteiger partial charge in [0.05, 0.1) is 11.1 Å². The molecule has 0 radical (unpaired) electrons. The third kappa shape index (κ3) is 3.98. The van der Waals surface area contributed by atoms with Crippen molar-refractivity contribution in [2.24, 2.45) is 0 Å². The fourth-order valence-electron chi connectivity index (χ4n) is 2.58. The van der Waals surface area contributed by atoms with Crippen LogP contribution in [-0.2, 0) is 6.18 Å². The number of benzene rings is 3. The monoisotopic (exact) mass is 367 g/mol. The first-order valence-corrected chi connectivity index (χ1v) is 7.86. The summed E-state index contributed by atoms with van der Waals surface area (Å²) in [5.74, 6) is -0.0655. The molecule has 0 aliphatic carbocycles. The molecule has 3 nitrogen and oxygen atoms in total. The van der Waals surface area contributed by atoms with Crippen molar-refractivity contribution in [3.8, 4) is 28.7 Å². The first kappa shape index (κ1) is 18.2. The normalized spacial score (nSPS) is 10.9. The second-order valence-corrected chi connectivity index (χ2v) is 5.66. The molecule has 0 saturated heterocycles. The lowest BCUT2D eigenvalue weighted by Crippen LogP contribution is -2.05. The smallest absolute Gasteiger partial charge is 0.416 e. The average Bonchev–Trinajstić information content (AvgIpc) is 2.67.